The maximum atomic E-state index is 6.29. The van der Waals surface area contributed by atoms with Gasteiger partial charge in [0.15, 0.2) is 0 Å². The maximum Gasteiger partial charge on any atom is 0.227 e. The molecule has 4 rings (SSSR count). The van der Waals surface area contributed by atoms with Crippen molar-refractivity contribution in [3.05, 3.63) is 34.4 Å². The number of halogens is 2. The molecule has 5 nitrogen and oxygen atoms in total. The van der Waals surface area contributed by atoms with Crippen LogP contribution in [0.15, 0.2) is 24.4 Å². The van der Waals surface area contributed by atoms with Crippen LogP contribution in [-0.2, 0) is 0 Å². The zero-order chi connectivity index (χ0) is 17.8. The second kappa shape index (κ2) is 6.01. The van der Waals surface area contributed by atoms with Crippen molar-refractivity contribution in [2.24, 2.45) is 17.6 Å². The molecule has 0 spiro atoms. The summed E-state index contributed by atoms with van der Waals surface area (Å²) in [4.78, 5) is 11.3. The molecule has 0 radical (unpaired) electrons. The van der Waals surface area contributed by atoms with Gasteiger partial charge in [-0.2, -0.15) is 4.98 Å². The predicted molar refractivity (Wildman–Crippen MR) is 103 cm³/mol. The fourth-order valence-corrected chi connectivity index (χ4v) is 4.71. The van der Waals surface area contributed by atoms with Crippen LogP contribution < -0.4 is 16.4 Å². The Morgan fingerprint density at radius 3 is 2.48 bits per heavy atom. The number of benzene rings is 1. The van der Waals surface area contributed by atoms with Crippen molar-refractivity contribution >= 4 is 35.0 Å². The minimum absolute atomic E-state index is 0.0332. The van der Waals surface area contributed by atoms with Crippen LogP contribution >= 0.6 is 23.2 Å². The Morgan fingerprint density at radius 1 is 1.16 bits per heavy atom. The van der Waals surface area contributed by atoms with Gasteiger partial charge in [-0.05, 0) is 37.7 Å². The average Bonchev–Trinajstić information content (AvgIpc) is 3.04. The Balaban J connectivity index is 1.58. The van der Waals surface area contributed by atoms with E-state index in [1.165, 1.54) is 0 Å². The molecule has 132 valence electrons. The Morgan fingerprint density at radius 2 is 1.84 bits per heavy atom. The van der Waals surface area contributed by atoms with Gasteiger partial charge in [0.2, 0.25) is 5.95 Å². The predicted octanol–water partition coefficient (Wildman–Crippen LogP) is 3.60. The molecule has 4 N–H and O–H groups in total. The van der Waals surface area contributed by atoms with Crippen LogP contribution in [0.2, 0.25) is 10.0 Å². The van der Waals surface area contributed by atoms with E-state index in [-0.39, 0.29) is 5.54 Å². The summed E-state index contributed by atoms with van der Waals surface area (Å²) in [6.45, 7) is 4.02. The molecule has 0 amide bonds. The minimum atomic E-state index is -0.0332. The topological polar surface area (TPSA) is 81.1 Å². The number of rotatable bonds is 2. The van der Waals surface area contributed by atoms with E-state index in [1.807, 2.05) is 12.1 Å². The Bertz CT molecular complexity index is 807. The van der Waals surface area contributed by atoms with Crippen LogP contribution in [-0.4, -0.2) is 28.6 Å². The largest absolute Gasteiger partial charge is 0.383 e. The number of hydrogen-bond donors (Lipinski definition) is 2. The molecule has 2 heterocycles. The molecule has 1 aromatic heterocycles. The first-order chi connectivity index (χ1) is 11.8. The lowest BCUT2D eigenvalue weighted by Crippen LogP contribution is -2.35. The molecule has 3 atom stereocenters. The van der Waals surface area contributed by atoms with E-state index in [0.717, 1.165) is 31.5 Å². The summed E-state index contributed by atoms with van der Waals surface area (Å²) in [7, 11) is 0. The fraction of sp³-hybridized carbons (Fsp3) is 0.444. The summed E-state index contributed by atoms with van der Waals surface area (Å²) < 4.78 is 0. The van der Waals surface area contributed by atoms with Gasteiger partial charge in [-0.25, -0.2) is 4.98 Å². The third kappa shape index (κ3) is 3.05. The van der Waals surface area contributed by atoms with Crippen LogP contribution in [0, 0.1) is 11.8 Å². The van der Waals surface area contributed by atoms with E-state index >= 15 is 0 Å². The molecule has 1 aliphatic carbocycles. The van der Waals surface area contributed by atoms with Crippen molar-refractivity contribution < 1.29 is 0 Å². The molecular weight excluding hydrogens is 357 g/mol. The quantitative estimate of drug-likeness (QED) is 0.835. The van der Waals surface area contributed by atoms with Gasteiger partial charge in [-0.15, -0.1) is 0 Å². The van der Waals surface area contributed by atoms with Crippen molar-refractivity contribution in [2.45, 2.75) is 25.3 Å². The summed E-state index contributed by atoms with van der Waals surface area (Å²) in [6, 6.07) is 5.45. The smallest absolute Gasteiger partial charge is 0.227 e. The van der Waals surface area contributed by atoms with Gasteiger partial charge in [-0.3, -0.25) is 0 Å². The van der Waals surface area contributed by atoms with E-state index < -0.39 is 0 Å². The van der Waals surface area contributed by atoms with Crippen molar-refractivity contribution in [3.8, 4) is 11.1 Å². The molecule has 25 heavy (non-hydrogen) atoms. The number of aromatic nitrogens is 2. The van der Waals surface area contributed by atoms with Crippen LogP contribution in [0.25, 0.3) is 11.1 Å². The van der Waals surface area contributed by atoms with Gasteiger partial charge in [0.25, 0.3) is 0 Å². The summed E-state index contributed by atoms with van der Waals surface area (Å²) in [6.07, 6.45) is 3.84. The summed E-state index contributed by atoms with van der Waals surface area (Å²) in [5.41, 5.74) is 13.9. The molecule has 0 bridgehead atoms. The lowest BCUT2D eigenvalue weighted by atomic mass is 10.00. The summed E-state index contributed by atoms with van der Waals surface area (Å²) >= 11 is 12.4. The third-order valence-electron chi connectivity index (χ3n) is 5.36. The summed E-state index contributed by atoms with van der Waals surface area (Å²) in [5, 5.41) is 0.949. The maximum absolute atomic E-state index is 6.29. The number of hydrogen-bond acceptors (Lipinski definition) is 5. The Labute approximate surface area is 157 Å². The Kier molecular flexibility index (Phi) is 4.06. The number of nitrogens with zero attached hydrogens (tertiary/aromatic N) is 3. The molecule has 1 saturated heterocycles. The molecule has 2 aromatic rings. The summed E-state index contributed by atoms with van der Waals surface area (Å²) in [5.74, 6) is 2.31. The van der Waals surface area contributed by atoms with Crippen LogP contribution in [0.5, 0.6) is 0 Å². The number of fused-ring (bicyclic) bond motifs is 1. The van der Waals surface area contributed by atoms with Gasteiger partial charge >= 0.3 is 0 Å². The average molecular weight is 378 g/mol. The highest BCUT2D eigenvalue weighted by atomic mass is 35.5. The molecular formula is C18H21Cl2N5. The number of nitrogen functional groups attached to an aromatic ring is 1. The molecule has 7 heteroatoms. The van der Waals surface area contributed by atoms with E-state index in [0.29, 0.717) is 39.2 Å². The molecule has 2 fully saturated rings. The zero-order valence-electron chi connectivity index (χ0n) is 14.0. The molecule has 1 saturated carbocycles. The number of nitrogens with two attached hydrogens (primary N) is 2. The first-order valence-electron chi connectivity index (χ1n) is 8.45. The van der Waals surface area contributed by atoms with Crippen molar-refractivity contribution in [3.63, 3.8) is 0 Å². The van der Waals surface area contributed by atoms with Crippen LogP contribution in [0.3, 0.4) is 0 Å². The van der Waals surface area contributed by atoms with Crippen LogP contribution in [0.4, 0.5) is 11.8 Å². The van der Waals surface area contributed by atoms with Gasteiger partial charge in [-0.1, -0.05) is 35.3 Å². The molecule has 2 aliphatic rings. The van der Waals surface area contributed by atoms with Gasteiger partial charge < -0.3 is 16.4 Å². The van der Waals surface area contributed by atoms with Gasteiger partial charge in [0, 0.05) is 36.0 Å². The van der Waals surface area contributed by atoms with Crippen molar-refractivity contribution in [1.29, 1.82) is 0 Å². The van der Waals surface area contributed by atoms with E-state index in [2.05, 4.69) is 21.8 Å². The molecule has 1 unspecified atom stereocenters. The highest BCUT2D eigenvalue weighted by Crippen LogP contribution is 2.43. The SMILES string of the molecule is C[C@]1(N)CC2CN(c3ncc(-c4cccc(Cl)c4Cl)c(N)n3)C[C@H]2C1. The minimum Gasteiger partial charge on any atom is -0.383 e. The van der Waals surface area contributed by atoms with Crippen LogP contribution in [0.1, 0.15) is 19.8 Å². The highest BCUT2D eigenvalue weighted by molar-refractivity contribution is 6.43. The monoisotopic (exact) mass is 377 g/mol. The van der Waals surface area contributed by atoms with Crippen molar-refractivity contribution in [2.75, 3.05) is 23.7 Å². The van der Waals surface area contributed by atoms with E-state index in [1.54, 1.807) is 12.3 Å². The lowest BCUT2D eigenvalue weighted by molar-refractivity contribution is 0.449. The van der Waals surface area contributed by atoms with Gasteiger partial charge in [0.1, 0.15) is 5.82 Å². The second-order valence-electron chi connectivity index (χ2n) is 7.56. The third-order valence-corrected chi connectivity index (χ3v) is 6.18. The second-order valence-corrected chi connectivity index (χ2v) is 8.34. The van der Waals surface area contributed by atoms with Crippen molar-refractivity contribution in [1.82, 2.24) is 9.97 Å². The molecule has 1 aromatic carbocycles. The fourth-order valence-electron chi connectivity index (χ4n) is 4.30. The van der Waals surface area contributed by atoms with E-state index in [9.17, 15) is 0 Å². The van der Waals surface area contributed by atoms with E-state index in [4.69, 9.17) is 34.7 Å². The van der Waals surface area contributed by atoms with Gasteiger partial charge in [0.05, 0.1) is 10.0 Å². The standard InChI is InChI=1S/C18H21Cl2N5/c1-18(22)5-10-8-25(9-11(10)6-18)17-23-7-13(16(21)24-17)12-3-2-4-14(19)15(12)20/h2-4,7,10-11H,5-6,8-9,22H2,1H3,(H2,21,23,24)/t10-,11?,18-/m1/s1. The highest BCUT2D eigenvalue weighted by Gasteiger charge is 2.45. The normalized spacial score (nSPS) is 28.4. The first-order valence-corrected chi connectivity index (χ1v) is 9.20. The first kappa shape index (κ1) is 16.9. The number of anilines is 2. The lowest BCUT2D eigenvalue weighted by Gasteiger charge is -2.23. The zero-order valence-corrected chi connectivity index (χ0v) is 15.6. The Hall–Kier alpha value is -1.56. The molecule has 1 aliphatic heterocycles.